The van der Waals surface area contributed by atoms with Crippen LogP contribution in [0.1, 0.15) is 0 Å². The minimum Gasteiger partial charge on any atom is -0.451 e. The van der Waals surface area contributed by atoms with Gasteiger partial charge < -0.3 is 9.47 Å². The zero-order chi connectivity index (χ0) is 7.23. The molecule has 0 unspecified atom stereocenters. The third kappa shape index (κ3) is 2.03. The minimum absolute atomic E-state index is 0.247. The largest absolute Gasteiger partial charge is 0.451 e. The molecule has 3 heteroatoms. The zero-order valence-electron chi connectivity index (χ0n) is 5.78. The molecule has 10 heavy (non-hydrogen) atoms. The van der Waals surface area contributed by atoms with Crippen LogP contribution in [0.15, 0.2) is 24.4 Å². The van der Waals surface area contributed by atoms with E-state index in [2.05, 4.69) is 9.72 Å². The summed E-state index contributed by atoms with van der Waals surface area (Å²) in [6.45, 7) is 0.247. The monoisotopic (exact) mass is 139 g/mol. The van der Waals surface area contributed by atoms with Crippen molar-refractivity contribution in [1.29, 1.82) is 0 Å². The number of pyridine rings is 1. The third-order valence-corrected chi connectivity index (χ3v) is 0.962. The molecule has 1 rings (SSSR count). The molecule has 0 aliphatic heterocycles. The van der Waals surface area contributed by atoms with E-state index < -0.39 is 0 Å². The predicted molar refractivity (Wildman–Crippen MR) is 36.7 cm³/mol. The van der Waals surface area contributed by atoms with Gasteiger partial charge in [-0.3, -0.25) is 0 Å². The fraction of sp³-hybridized carbons (Fsp3) is 0.286. The Bertz CT molecular complexity index is 176. The molecule has 0 aliphatic carbocycles. The van der Waals surface area contributed by atoms with Gasteiger partial charge in [0.25, 0.3) is 0 Å². The van der Waals surface area contributed by atoms with Gasteiger partial charge in [0.2, 0.25) is 5.88 Å². The Morgan fingerprint density at radius 1 is 1.50 bits per heavy atom. The second-order valence-corrected chi connectivity index (χ2v) is 1.72. The summed E-state index contributed by atoms with van der Waals surface area (Å²) in [5.41, 5.74) is 0. The molecule has 0 amide bonds. The molecule has 1 heterocycles. The summed E-state index contributed by atoms with van der Waals surface area (Å²) in [6.07, 6.45) is 1.67. The lowest BCUT2D eigenvalue weighted by atomic mass is 10.5. The number of methoxy groups -OCH3 is 1. The molecular weight excluding hydrogens is 130 g/mol. The second kappa shape index (κ2) is 3.85. The van der Waals surface area contributed by atoms with Crippen LogP contribution in [0, 0.1) is 0 Å². The highest BCUT2D eigenvalue weighted by molar-refractivity contribution is 5.08. The van der Waals surface area contributed by atoms with Crippen molar-refractivity contribution >= 4 is 0 Å². The van der Waals surface area contributed by atoms with Crippen molar-refractivity contribution < 1.29 is 9.47 Å². The molecule has 1 aromatic rings. The van der Waals surface area contributed by atoms with Gasteiger partial charge in [0.05, 0.1) is 0 Å². The average molecular weight is 139 g/mol. The number of hydrogen-bond acceptors (Lipinski definition) is 3. The summed E-state index contributed by atoms with van der Waals surface area (Å²) in [5, 5.41) is 0. The van der Waals surface area contributed by atoms with E-state index in [1.807, 2.05) is 12.1 Å². The molecule has 0 saturated carbocycles. The molecule has 0 bridgehead atoms. The van der Waals surface area contributed by atoms with Gasteiger partial charge in [0, 0.05) is 19.4 Å². The first kappa shape index (κ1) is 7.02. The van der Waals surface area contributed by atoms with Crippen molar-refractivity contribution in [2.45, 2.75) is 0 Å². The van der Waals surface area contributed by atoms with Crippen molar-refractivity contribution in [3.8, 4) is 5.88 Å². The number of hydrogen-bond donors (Lipinski definition) is 0. The van der Waals surface area contributed by atoms with Crippen LogP contribution in [0.25, 0.3) is 0 Å². The summed E-state index contributed by atoms with van der Waals surface area (Å²) in [5.74, 6) is 0.587. The maximum Gasteiger partial charge on any atom is 0.215 e. The molecule has 0 fully saturated rings. The summed E-state index contributed by atoms with van der Waals surface area (Å²) < 4.78 is 9.71. The number of aromatic nitrogens is 1. The van der Waals surface area contributed by atoms with Gasteiger partial charge in [-0.2, -0.15) is 0 Å². The fourth-order valence-corrected chi connectivity index (χ4v) is 0.552. The van der Waals surface area contributed by atoms with Gasteiger partial charge in [-0.1, -0.05) is 6.07 Å². The number of nitrogens with zero attached hydrogens (tertiary/aromatic N) is 1. The van der Waals surface area contributed by atoms with Crippen LogP contribution < -0.4 is 4.74 Å². The van der Waals surface area contributed by atoms with Gasteiger partial charge in [-0.25, -0.2) is 4.98 Å². The van der Waals surface area contributed by atoms with E-state index in [0.29, 0.717) is 5.88 Å². The van der Waals surface area contributed by atoms with Crippen LogP contribution in [0.3, 0.4) is 0 Å². The topological polar surface area (TPSA) is 31.4 Å². The Morgan fingerprint density at radius 2 is 2.40 bits per heavy atom. The molecular formula is C7H9NO2. The van der Waals surface area contributed by atoms with Crippen LogP contribution >= 0.6 is 0 Å². The van der Waals surface area contributed by atoms with E-state index >= 15 is 0 Å². The van der Waals surface area contributed by atoms with Crippen molar-refractivity contribution in [3.05, 3.63) is 24.4 Å². The minimum atomic E-state index is 0.247. The van der Waals surface area contributed by atoms with Crippen molar-refractivity contribution in [2.24, 2.45) is 0 Å². The second-order valence-electron chi connectivity index (χ2n) is 1.72. The molecule has 54 valence electrons. The first-order valence-electron chi connectivity index (χ1n) is 2.96. The molecule has 0 aliphatic rings. The van der Waals surface area contributed by atoms with Gasteiger partial charge in [0.1, 0.15) is 0 Å². The Balaban J connectivity index is 2.43. The highest BCUT2D eigenvalue weighted by atomic mass is 16.7. The van der Waals surface area contributed by atoms with Gasteiger partial charge >= 0.3 is 0 Å². The summed E-state index contributed by atoms with van der Waals surface area (Å²) >= 11 is 0. The lowest BCUT2D eigenvalue weighted by Gasteiger charge is -2.00. The summed E-state index contributed by atoms with van der Waals surface area (Å²) in [4.78, 5) is 3.91. The molecule has 0 radical (unpaired) electrons. The van der Waals surface area contributed by atoms with Crippen molar-refractivity contribution in [2.75, 3.05) is 13.9 Å². The quantitative estimate of drug-likeness (QED) is 0.587. The molecule has 0 N–H and O–H groups in total. The van der Waals surface area contributed by atoms with Crippen molar-refractivity contribution in [1.82, 2.24) is 4.98 Å². The summed E-state index contributed by atoms with van der Waals surface area (Å²) in [6, 6.07) is 5.47. The molecule has 0 atom stereocenters. The van der Waals surface area contributed by atoms with Gasteiger partial charge in [0.15, 0.2) is 6.79 Å². The molecule has 3 nitrogen and oxygen atoms in total. The van der Waals surface area contributed by atoms with E-state index in [1.165, 1.54) is 0 Å². The Morgan fingerprint density at radius 3 is 3.00 bits per heavy atom. The normalized spacial score (nSPS) is 9.30. The van der Waals surface area contributed by atoms with Gasteiger partial charge in [-0.15, -0.1) is 0 Å². The van der Waals surface area contributed by atoms with E-state index in [0.717, 1.165) is 0 Å². The standard InChI is InChI=1S/C7H9NO2/c1-9-6-10-7-4-2-3-5-8-7/h2-5H,6H2,1H3. The fourth-order valence-electron chi connectivity index (χ4n) is 0.552. The SMILES string of the molecule is COCOc1ccccn1. The Hall–Kier alpha value is -1.09. The van der Waals surface area contributed by atoms with Crippen molar-refractivity contribution in [3.63, 3.8) is 0 Å². The van der Waals surface area contributed by atoms with Crippen LogP contribution in [0.2, 0.25) is 0 Å². The van der Waals surface area contributed by atoms with E-state index in [-0.39, 0.29) is 6.79 Å². The first-order chi connectivity index (χ1) is 4.93. The maximum atomic E-state index is 5.02. The van der Waals surface area contributed by atoms with Crippen LogP contribution in [0.4, 0.5) is 0 Å². The smallest absolute Gasteiger partial charge is 0.215 e. The highest BCUT2D eigenvalue weighted by Crippen LogP contribution is 2.01. The van der Waals surface area contributed by atoms with E-state index in [9.17, 15) is 0 Å². The van der Waals surface area contributed by atoms with Gasteiger partial charge in [-0.05, 0) is 6.07 Å². The lowest BCUT2D eigenvalue weighted by Crippen LogP contribution is -1.99. The molecule has 0 spiro atoms. The highest BCUT2D eigenvalue weighted by Gasteiger charge is 1.88. The molecule has 0 saturated heterocycles. The van der Waals surface area contributed by atoms with Crippen LogP contribution in [-0.2, 0) is 4.74 Å². The summed E-state index contributed by atoms with van der Waals surface area (Å²) in [7, 11) is 1.57. The van der Waals surface area contributed by atoms with Crippen LogP contribution in [-0.4, -0.2) is 18.9 Å². The maximum absolute atomic E-state index is 5.02. The molecule has 0 aromatic carbocycles. The van der Waals surface area contributed by atoms with E-state index in [1.54, 1.807) is 19.4 Å². The first-order valence-corrected chi connectivity index (χ1v) is 2.96. The Labute approximate surface area is 59.6 Å². The number of rotatable bonds is 3. The number of ether oxygens (including phenoxy) is 2. The predicted octanol–water partition coefficient (Wildman–Crippen LogP) is 1.06. The Kier molecular flexibility index (Phi) is 2.70. The zero-order valence-corrected chi connectivity index (χ0v) is 5.78. The average Bonchev–Trinajstić information content (AvgIpc) is 2.03. The van der Waals surface area contributed by atoms with Crippen LogP contribution in [0.5, 0.6) is 5.88 Å². The van der Waals surface area contributed by atoms with E-state index in [4.69, 9.17) is 4.74 Å². The third-order valence-electron chi connectivity index (χ3n) is 0.962. The molecule has 1 aromatic heterocycles. The lowest BCUT2D eigenvalue weighted by molar-refractivity contribution is 0.0478.